The quantitative estimate of drug-likeness (QED) is 0.506. The standard InChI is InChI=1S/C21H13ClN2O5S/c22-16-8-6-12(10-15(16)20(23)26)24-21(27)11-5-7-14-18(9-11)30(28,29)17-4-2-1-3-13(17)19(14)25/h1-10H,(H2,23,26)(H,24,27). The number of amides is 2. The van der Waals surface area contributed by atoms with Crippen LogP contribution in [-0.2, 0) is 9.84 Å². The summed E-state index contributed by atoms with van der Waals surface area (Å²) in [6.07, 6.45) is 0. The Hall–Kier alpha value is -3.49. The van der Waals surface area contributed by atoms with Gasteiger partial charge in [0.25, 0.3) is 5.91 Å². The van der Waals surface area contributed by atoms with Crippen molar-refractivity contribution in [2.24, 2.45) is 5.73 Å². The molecule has 0 aliphatic carbocycles. The number of hydrogen-bond donors (Lipinski definition) is 2. The molecule has 0 radical (unpaired) electrons. The van der Waals surface area contributed by atoms with Crippen molar-refractivity contribution in [3.63, 3.8) is 0 Å². The highest BCUT2D eigenvalue weighted by molar-refractivity contribution is 7.91. The Morgan fingerprint density at radius 1 is 0.900 bits per heavy atom. The molecule has 0 fully saturated rings. The molecule has 4 rings (SSSR count). The van der Waals surface area contributed by atoms with E-state index in [0.29, 0.717) is 0 Å². The van der Waals surface area contributed by atoms with E-state index in [9.17, 15) is 22.8 Å². The van der Waals surface area contributed by atoms with E-state index in [-0.39, 0.29) is 42.8 Å². The predicted octanol–water partition coefficient (Wildman–Crippen LogP) is 3.07. The second-order valence-corrected chi connectivity index (χ2v) is 8.85. The third-order valence-electron chi connectivity index (χ3n) is 4.69. The highest BCUT2D eigenvalue weighted by Crippen LogP contribution is 2.35. The van der Waals surface area contributed by atoms with E-state index in [1.807, 2.05) is 0 Å². The van der Waals surface area contributed by atoms with Crippen LogP contribution in [0, 0.1) is 0 Å². The first-order valence-electron chi connectivity index (χ1n) is 8.64. The monoisotopic (exact) mass is 440 g/mol. The molecular formula is C21H13ClN2O5S. The summed E-state index contributed by atoms with van der Waals surface area (Å²) in [6.45, 7) is 0. The van der Waals surface area contributed by atoms with Crippen molar-refractivity contribution in [2.45, 2.75) is 9.79 Å². The largest absolute Gasteiger partial charge is 0.366 e. The van der Waals surface area contributed by atoms with Gasteiger partial charge >= 0.3 is 0 Å². The fraction of sp³-hybridized carbons (Fsp3) is 0. The average molecular weight is 441 g/mol. The lowest BCUT2D eigenvalue weighted by Crippen LogP contribution is -2.21. The lowest BCUT2D eigenvalue weighted by molar-refractivity contribution is 0.0996. The molecule has 0 aromatic heterocycles. The van der Waals surface area contributed by atoms with E-state index in [1.54, 1.807) is 6.07 Å². The highest BCUT2D eigenvalue weighted by atomic mass is 35.5. The van der Waals surface area contributed by atoms with Gasteiger partial charge in [0.1, 0.15) is 0 Å². The Morgan fingerprint density at radius 2 is 1.60 bits per heavy atom. The normalized spacial score (nSPS) is 13.8. The van der Waals surface area contributed by atoms with Gasteiger partial charge in [0.15, 0.2) is 5.78 Å². The first-order valence-corrected chi connectivity index (χ1v) is 10.5. The van der Waals surface area contributed by atoms with Crippen LogP contribution in [0.4, 0.5) is 5.69 Å². The molecule has 3 aromatic carbocycles. The summed E-state index contributed by atoms with van der Waals surface area (Å²) in [5.41, 5.74) is 5.67. The highest BCUT2D eigenvalue weighted by Gasteiger charge is 2.35. The summed E-state index contributed by atoms with van der Waals surface area (Å²) in [7, 11) is -3.97. The molecular weight excluding hydrogens is 428 g/mol. The van der Waals surface area contributed by atoms with Crippen LogP contribution in [0.2, 0.25) is 5.02 Å². The van der Waals surface area contributed by atoms with Crippen LogP contribution >= 0.6 is 11.6 Å². The summed E-state index contributed by atoms with van der Waals surface area (Å²) >= 11 is 5.90. The first kappa shape index (κ1) is 19.8. The fourth-order valence-corrected chi connectivity index (χ4v) is 5.11. The Bertz CT molecular complexity index is 1370. The maximum absolute atomic E-state index is 13.0. The first-order chi connectivity index (χ1) is 14.2. The molecule has 0 saturated carbocycles. The number of carbonyl (C=O) groups is 3. The number of halogens is 1. The SMILES string of the molecule is NC(=O)c1cc(NC(=O)c2ccc3c(c2)S(=O)(=O)c2ccccc2C3=O)ccc1Cl. The number of sulfone groups is 1. The number of hydrogen-bond acceptors (Lipinski definition) is 5. The third-order valence-corrected chi connectivity index (χ3v) is 6.87. The van der Waals surface area contributed by atoms with Gasteiger partial charge in [0, 0.05) is 22.4 Å². The number of rotatable bonds is 3. The molecule has 3 aromatic rings. The zero-order valence-electron chi connectivity index (χ0n) is 15.2. The van der Waals surface area contributed by atoms with Crippen molar-refractivity contribution < 1.29 is 22.8 Å². The van der Waals surface area contributed by atoms with Gasteiger partial charge in [0.2, 0.25) is 15.7 Å². The predicted molar refractivity (Wildman–Crippen MR) is 110 cm³/mol. The summed E-state index contributed by atoms with van der Waals surface area (Å²) in [5.74, 6) is -1.81. The van der Waals surface area contributed by atoms with Gasteiger partial charge in [-0.05, 0) is 48.5 Å². The molecule has 1 aliphatic heterocycles. The van der Waals surface area contributed by atoms with Crippen LogP contribution in [0.15, 0.2) is 70.5 Å². The number of nitrogens with one attached hydrogen (secondary N) is 1. The van der Waals surface area contributed by atoms with E-state index in [1.165, 1.54) is 54.6 Å². The molecule has 1 aliphatic rings. The van der Waals surface area contributed by atoms with Crippen LogP contribution < -0.4 is 11.1 Å². The lowest BCUT2D eigenvalue weighted by Gasteiger charge is -2.19. The molecule has 150 valence electrons. The van der Waals surface area contributed by atoms with Gasteiger partial charge in [-0.1, -0.05) is 23.7 Å². The average Bonchev–Trinajstić information content (AvgIpc) is 2.73. The number of primary amides is 1. The van der Waals surface area contributed by atoms with Crippen molar-refractivity contribution in [3.05, 3.63) is 87.9 Å². The summed E-state index contributed by atoms with van der Waals surface area (Å²) in [6, 6.07) is 14.0. The molecule has 3 N–H and O–H groups in total. The Morgan fingerprint density at radius 3 is 2.33 bits per heavy atom. The Balaban J connectivity index is 1.72. The lowest BCUT2D eigenvalue weighted by atomic mass is 10.0. The van der Waals surface area contributed by atoms with Crippen LogP contribution in [0.1, 0.15) is 36.6 Å². The summed E-state index contributed by atoms with van der Waals surface area (Å²) in [5, 5.41) is 2.70. The second kappa shape index (κ2) is 7.08. The molecule has 1 heterocycles. The summed E-state index contributed by atoms with van der Waals surface area (Å²) in [4.78, 5) is 36.4. The molecule has 0 saturated heterocycles. The molecule has 2 amide bonds. The Kier molecular flexibility index (Phi) is 4.68. The topological polar surface area (TPSA) is 123 Å². The smallest absolute Gasteiger partial charge is 0.255 e. The molecule has 0 atom stereocenters. The number of carbonyl (C=O) groups excluding carboxylic acids is 3. The summed E-state index contributed by atoms with van der Waals surface area (Å²) < 4.78 is 26.0. The molecule has 7 nitrogen and oxygen atoms in total. The molecule has 30 heavy (non-hydrogen) atoms. The van der Waals surface area contributed by atoms with Crippen LogP contribution in [0.5, 0.6) is 0 Å². The fourth-order valence-electron chi connectivity index (χ4n) is 3.22. The number of fused-ring (bicyclic) bond motifs is 2. The van der Waals surface area contributed by atoms with E-state index in [0.717, 1.165) is 0 Å². The third kappa shape index (κ3) is 3.16. The van der Waals surface area contributed by atoms with E-state index < -0.39 is 27.4 Å². The van der Waals surface area contributed by atoms with Gasteiger partial charge in [-0.15, -0.1) is 0 Å². The molecule has 0 spiro atoms. The number of benzene rings is 3. The zero-order chi connectivity index (χ0) is 21.6. The molecule has 0 bridgehead atoms. The van der Waals surface area contributed by atoms with Gasteiger partial charge < -0.3 is 11.1 Å². The number of anilines is 1. The van der Waals surface area contributed by atoms with Crippen LogP contribution in [-0.4, -0.2) is 26.0 Å². The van der Waals surface area contributed by atoms with Crippen molar-refractivity contribution in [2.75, 3.05) is 5.32 Å². The van der Waals surface area contributed by atoms with E-state index in [2.05, 4.69) is 5.32 Å². The van der Waals surface area contributed by atoms with Gasteiger partial charge in [0.05, 0.1) is 20.4 Å². The van der Waals surface area contributed by atoms with Gasteiger partial charge in [-0.25, -0.2) is 8.42 Å². The number of ketones is 1. The minimum Gasteiger partial charge on any atom is -0.366 e. The number of nitrogens with two attached hydrogens (primary N) is 1. The van der Waals surface area contributed by atoms with E-state index >= 15 is 0 Å². The van der Waals surface area contributed by atoms with Crippen molar-refractivity contribution in [3.8, 4) is 0 Å². The van der Waals surface area contributed by atoms with Crippen molar-refractivity contribution in [1.82, 2.24) is 0 Å². The molecule has 0 unspecified atom stereocenters. The van der Waals surface area contributed by atoms with Crippen LogP contribution in [0.3, 0.4) is 0 Å². The minimum absolute atomic E-state index is 0.00718. The van der Waals surface area contributed by atoms with E-state index in [4.69, 9.17) is 17.3 Å². The zero-order valence-corrected chi connectivity index (χ0v) is 16.8. The maximum Gasteiger partial charge on any atom is 0.255 e. The Labute approximate surface area is 176 Å². The second-order valence-electron chi connectivity index (χ2n) is 6.55. The van der Waals surface area contributed by atoms with Crippen LogP contribution in [0.25, 0.3) is 0 Å². The molecule has 9 heteroatoms. The maximum atomic E-state index is 13.0. The minimum atomic E-state index is -3.97. The van der Waals surface area contributed by atoms with Crippen molar-refractivity contribution >= 4 is 44.7 Å². The van der Waals surface area contributed by atoms with Gasteiger partial charge in [-0.3, -0.25) is 14.4 Å². The van der Waals surface area contributed by atoms with Crippen molar-refractivity contribution in [1.29, 1.82) is 0 Å². The van der Waals surface area contributed by atoms with Gasteiger partial charge in [-0.2, -0.15) is 0 Å².